The van der Waals surface area contributed by atoms with E-state index in [-0.39, 0.29) is 36.9 Å². The molecule has 11 heteroatoms. The first-order valence-electron chi connectivity index (χ1n) is 20.3. The maximum Gasteiger partial charge on any atom is 0.324 e. The predicted octanol–water partition coefficient (Wildman–Crippen LogP) is 6.85. The molecule has 2 aliphatic rings. The smallest absolute Gasteiger partial charge is 0.324 e. The zero-order chi connectivity index (χ0) is 41.2. The average Bonchev–Trinajstić information content (AvgIpc) is 3.50. The van der Waals surface area contributed by atoms with Crippen LogP contribution in [0.15, 0.2) is 66.7 Å². The second-order valence-corrected chi connectivity index (χ2v) is 16.8. The molecule has 6 rings (SSSR count). The Kier molecular flexibility index (Phi) is 12.6. The summed E-state index contributed by atoms with van der Waals surface area (Å²) in [5, 5.41) is 5.59. The molecule has 304 valence electrons. The lowest BCUT2D eigenvalue weighted by molar-refractivity contribution is -0.155. The van der Waals surface area contributed by atoms with Gasteiger partial charge in [0.05, 0.1) is 18.4 Å². The minimum atomic E-state index is -0.973. The molecule has 4 atom stereocenters. The second-order valence-electron chi connectivity index (χ2n) is 16.8. The lowest BCUT2D eigenvalue weighted by Gasteiger charge is -2.36. The molecule has 1 aromatic heterocycles. The fourth-order valence-corrected chi connectivity index (χ4v) is 8.51. The van der Waals surface area contributed by atoms with Gasteiger partial charge in [-0.05, 0) is 79.0 Å². The van der Waals surface area contributed by atoms with Crippen molar-refractivity contribution in [3.63, 3.8) is 0 Å². The largest absolute Gasteiger partial charge is 0.464 e. The van der Waals surface area contributed by atoms with E-state index in [0.29, 0.717) is 25.8 Å². The van der Waals surface area contributed by atoms with Gasteiger partial charge in [-0.3, -0.25) is 24.2 Å². The third-order valence-corrected chi connectivity index (χ3v) is 11.6. The van der Waals surface area contributed by atoms with E-state index >= 15 is 0 Å². The van der Waals surface area contributed by atoms with Crippen LogP contribution in [0, 0.1) is 11.3 Å². The molecule has 3 heterocycles. The minimum absolute atomic E-state index is 0.127. The number of hydrazine groups is 1. The first kappa shape index (κ1) is 41.6. The number of rotatable bonds is 8. The van der Waals surface area contributed by atoms with Crippen LogP contribution in [-0.4, -0.2) is 83.6 Å². The van der Waals surface area contributed by atoms with Gasteiger partial charge in [0.25, 0.3) is 5.91 Å². The first-order valence-corrected chi connectivity index (χ1v) is 20.3. The number of benzene rings is 3. The van der Waals surface area contributed by atoms with E-state index in [1.807, 2.05) is 32.0 Å². The number of hydrogen-bond donors (Lipinski definition) is 2. The van der Waals surface area contributed by atoms with Crippen LogP contribution in [0.2, 0.25) is 0 Å². The first-order chi connectivity index (χ1) is 27.1. The van der Waals surface area contributed by atoms with Crippen molar-refractivity contribution in [1.29, 1.82) is 0 Å². The molecule has 1 fully saturated rings. The van der Waals surface area contributed by atoms with Gasteiger partial charge in [0.2, 0.25) is 11.8 Å². The highest BCUT2D eigenvalue weighted by atomic mass is 16.5. The van der Waals surface area contributed by atoms with Gasteiger partial charge < -0.3 is 24.3 Å². The van der Waals surface area contributed by atoms with Crippen LogP contribution < -0.4 is 10.7 Å². The van der Waals surface area contributed by atoms with Gasteiger partial charge in [-0.25, -0.2) is 5.43 Å². The number of cyclic esters (lactones) is 1. The fourth-order valence-electron chi connectivity index (χ4n) is 8.51. The van der Waals surface area contributed by atoms with Gasteiger partial charge >= 0.3 is 5.97 Å². The highest BCUT2D eigenvalue weighted by Gasteiger charge is 2.37. The third kappa shape index (κ3) is 8.79. The van der Waals surface area contributed by atoms with Crippen LogP contribution in [-0.2, 0) is 48.0 Å². The van der Waals surface area contributed by atoms with Crippen molar-refractivity contribution >= 4 is 34.6 Å². The molecule has 4 aromatic rings. The number of amides is 3. The third-order valence-electron chi connectivity index (χ3n) is 11.6. The van der Waals surface area contributed by atoms with Gasteiger partial charge in [0.1, 0.15) is 18.1 Å². The normalized spacial score (nSPS) is 19.8. The molecule has 6 bridgehead atoms. The summed E-state index contributed by atoms with van der Waals surface area (Å²) in [5.74, 6) is -1.64. The molecule has 2 aliphatic heterocycles. The summed E-state index contributed by atoms with van der Waals surface area (Å²) in [6, 6.07) is 20.6. The van der Waals surface area contributed by atoms with E-state index in [4.69, 9.17) is 9.47 Å². The number of esters is 1. The maximum absolute atomic E-state index is 14.4. The summed E-state index contributed by atoms with van der Waals surface area (Å²) in [7, 11) is 3.33. The molecule has 3 amide bonds. The highest BCUT2D eigenvalue weighted by molar-refractivity contribution is 5.96. The van der Waals surface area contributed by atoms with Crippen molar-refractivity contribution in [3.05, 3.63) is 83.4 Å². The van der Waals surface area contributed by atoms with Crippen molar-refractivity contribution < 1.29 is 28.7 Å². The van der Waals surface area contributed by atoms with Crippen molar-refractivity contribution in [2.45, 2.75) is 105 Å². The Bertz CT molecular complexity index is 2140. The summed E-state index contributed by atoms with van der Waals surface area (Å²) in [5.41, 5.74) is 11.2. The van der Waals surface area contributed by atoms with Crippen LogP contribution in [0.25, 0.3) is 33.3 Å². The van der Waals surface area contributed by atoms with Crippen LogP contribution >= 0.6 is 0 Å². The molecule has 2 N–H and O–H groups in total. The Balaban J connectivity index is 1.51. The van der Waals surface area contributed by atoms with Crippen molar-refractivity contribution in [1.82, 2.24) is 25.2 Å². The maximum atomic E-state index is 14.4. The molecule has 0 saturated carbocycles. The second kappa shape index (κ2) is 17.2. The van der Waals surface area contributed by atoms with Crippen molar-refractivity contribution in [2.24, 2.45) is 11.3 Å². The topological polar surface area (TPSA) is 122 Å². The number of ether oxygens (including phenoxy) is 2. The number of nitrogens with one attached hydrogen (secondary N) is 2. The summed E-state index contributed by atoms with van der Waals surface area (Å²) in [6.45, 7) is 14.9. The SMILES string of the molecule is CCn1c(-c2ccccc2[C@H](C)OC)c2c3cc(ccc31)-c1cccc(c1)C[C@H](NC(=O)[C@H](C(C)C)N(C)C(C)=O)C(=O)N1CCC[C@H](N1)C(=O)OCC(C)(C)C2. The lowest BCUT2D eigenvalue weighted by Crippen LogP contribution is -2.62. The highest BCUT2D eigenvalue weighted by Crippen LogP contribution is 2.42. The van der Waals surface area contributed by atoms with E-state index < -0.39 is 35.4 Å². The minimum Gasteiger partial charge on any atom is -0.464 e. The molecule has 0 unspecified atom stereocenters. The van der Waals surface area contributed by atoms with Gasteiger partial charge in [-0.15, -0.1) is 0 Å². The van der Waals surface area contributed by atoms with Crippen LogP contribution in [0.3, 0.4) is 0 Å². The summed E-state index contributed by atoms with van der Waals surface area (Å²) < 4.78 is 14.3. The number of fused-ring (bicyclic) bond motifs is 6. The molecule has 0 spiro atoms. The fraction of sp³-hybridized carbons (Fsp3) is 0.478. The predicted molar refractivity (Wildman–Crippen MR) is 223 cm³/mol. The Hall–Kier alpha value is -5.00. The Labute approximate surface area is 337 Å². The number of aromatic nitrogens is 1. The average molecular weight is 778 g/mol. The standard InChI is InChI=1S/C46H59N5O6/c1-10-50-40-21-20-33-25-36(40)37(42(50)35-18-12-11-17-34(35)29(4)56-9)26-46(6,7)27-57-45(55)38-19-14-22-51(48-38)44(54)39(24-31-15-13-16-32(33)23-31)47-43(53)41(28(2)3)49(8)30(5)52/h11-13,15-18,20-21,23,25,28-29,38-39,41,48H,10,14,19,22,24,26-27H2,1-9H3,(H,47,53)/t29-,38-,39-,41-/m0/s1. The molecule has 1 saturated heterocycles. The molecule has 0 aliphatic carbocycles. The summed E-state index contributed by atoms with van der Waals surface area (Å²) >= 11 is 0. The van der Waals surface area contributed by atoms with Gasteiger partial charge in [-0.2, -0.15) is 0 Å². The molecule has 0 radical (unpaired) electrons. The van der Waals surface area contributed by atoms with E-state index in [0.717, 1.165) is 51.0 Å². The number of nitrogens with zero attached hydrogens (tertiary/aromatic N) is 3. The molecule has 11 nitrogen and oxygen atoms in total. The van der Waals surface area contributed by atoms with E-state index in [2.05, 4.69) is 91.5 Å². The van der Waals surface area contributed by atoms with Gasteiger partial charge in [-0.1, -0.05) is 82.3 Å². The number of carbonyl (C=O) groups is 4. The zero-order valence-electron chi connectivity index (χ0n) is 35.0. The molecular weight excluding hydrogens is 719 g/mol. The quantitative estimate of drug-likeness (QED) is 0.188. The Morgan fingerprint density at radius 2 is 1.77 bits per heavy atom. The lowest BCUT2D eigenvalue weighted by atomic mass is 9.83. The molecular formula is C46H59N5O6. The van der Waals surface area contributed by atoms with E-state index in [1.165, 1.54) is 22.4 Å². The van der Waals surface area contributed by atoms with E-state index in [1.54, 1.807) is 14.2 Å². The number of hydrogen-bond acceptors (Lipinski definition) is 7. The number of methoxy groups -OCH3 is 1. The Morgan fingerprint density at radius 3 is 2.47 bits per heavy atom. The van der Waals surface area contributed by atoms with Crippen LogP contribution in [0.1, 0.15) is 84.1 Å². The molecule has 3 aromatic carbocycles. The van der Waals surface area contributed by atoms with Gasteiger partial charge in [0.15, 0.2) is 0 Å². The number of carbonyl (C=O) groups excluding carboxylic acids is 4. The van der Waals surface area contributed by atoms with Crippen LogP contribution in [0.4, 0.5) is 0 Å². The monoisotopic (exact) mass is 777 g/mol. The number of likely N-dealkylation sites (N-methyl/N-ethyl adjacent to an activating group) is 1. The number of aryl methyl sites for hydroxylation is 1. The van der Waals surface area contributed by atoms with E-state index in [9.17, 15) is 19.2 Å². The zero-order valence-corrected chi connectivity index (χ0v) is 35.0. The van der Waals surface area contributed by atoms with Crippen molar-refractivity contribution in [3.8, 4) is 22.4 Å². The summed E-state index contributed by atoms with van der Waals surface area (Å²) in [4.78, 5) is 55.9. The molecule has 57 heavy (non-hydrogen) atoms. The van der Waals surface area contributed by atoms with Crippen molar-refractivity contribution in [2.75, 3.05) is 27.3 Å². The Morgan fingerprint density at radius 1 is 1.04 bits per heavy atom. The van der Waals surface area contributed by atoms with Crippen LogP contribution in [0.5, 0.6) is 0 Å². The van der Waals surface area contributed by atoms with Gasteiger partial charge in [0, 0.05) is 62.5 Å². The summed E-state index contributed by atoms with van der Waals surface area (Å²) in [6.07, 6.45) is 1.80.